The summed E-state index contributed by atoms with van der Waals surface area (Å²) in [6, 6.07) is 5.65. The van der Waals surface area contributed by atoms with Crippen LogP contribution in [0.5, 0.6) is 0 Å². The van der Waals surface area contributed by atoms with E-state index in [0.717, 1.165) is 12.3 Å². The van der Waals surface area contributed by atoms with E-state index in [4.69, 9.17) is 0 Å². The summed E-state index contributed by atoms with van der Waals surface area (Å²) < 4.78 is 95.8. The number of nitrogens with zero attached hydrogens (tertiary/aromatic N) is 3. The van der Waals surface area contributed by atoms with E-state index in [1.165, 1.54) is 42.0 Å². The Hall–Kier alpha value is -4.23. The van der Waals surface area contributed by atoms with Crippen LogP contribution in [0.25, 0.3) is 22.0 Å². The van der Waals surface area contributed by atoms with Gasteiger partial charge in [0.05, 0.1) is 23.0 Å². The molecule has 0 saturated carbocycles. The quantitative estimate of drug-likeness (QED) is 0.270. The average molecular weight is 569 g/mol. The molecule has 1 atom stereocenters. The minimum absolute atomic E-state index is 0.00230. The molecule has 0 fully saturated rings. The van der Waals surface area contributed by atoms with Crippen LogP contribution in [0.3, 0.4) is 0 Å². The number of benzene rings is 1. The molecule has 0 aliphatic carbocycles. The second-order valence-corrected chi connectivity index (χ2v) is 9.27. The number of anilines is 1. The first-order valence-corrected chi connectivity index (χ1v) is 12.0. The fourth-order valence-corrected chi connectivity index (χ4v) is 4.34. The van der Waals surface area contributed by atoms with Crippen molar-refractivity contribution >= 4 is 16.5 Å². The van der Waals surface area contributed by atoms with Crippen LogP contribution in [-0.2, 0) is 18.9 Å². The maximum Gasteiger partial charge on any atom is 0.433 e. The molecule has 0 radical (unpaired) electrons. The van der Waals surface area contributed by atoms with Crippen LogP contribution in [0.15, 0.2) is 52.3 Å². The van der Waals surface area contributed by atoms with Crippen LogP contribution in [0.2, 0.25) is 0 Å². The topological polar surface area (TPSA) is 92.7 Å². The first kappa shape index (κ1) is 28.8. The number of alkyl halides is 6. The fraction of sp³-hybridized carbons (Fsp3) is 0.308. The molecule has 0 unspecified atom stereocenters. The Balaban J connectivity index is 1.51. The molecule has 2 N–H and O–H groups in total. The van der Waals surface area contributed by atoms with Crippen molar-refractivity contribution in [1.82, 2.24) is 19.7 Å². The zero-order valence-corrected chi connectivity index (χ0v) is 21.0. The molecule has 3 aromatic heterocycles. The lowest BCUT2D eigenvalue weighted by Crippen LogP contribution is -2.27. The Morgan fingerprint density at radius 1 is 1.05 bits per heavy atom. The number of pyridine rings is 2. The fourth-order valence-electron chi connectivity index (χ4n) is 4.34. The zero-order valence-electron chi connectivity index (χ0n) is 21.0. The lowest BCUT2D eigenvalue weighted by atomic mass is 10.0. The second-order valence-electron chi connectivity index (χ2n) is 9.27. The Bertz CT molecular complexity index is 1680. The van der Waals surface area contributed by atoms with E-state index in [2.05, 4.69) is 15.4 Å². The normalized spacial score (nSPS) is 13.0. The smallest absolute Gasteiger partial charge is 0.381 e. The van der Waals surface area contributed by atoms with Crippen LogP contribution < -0.4 is 16.4 Å². The summed E-state index contributed by atoms with van der Waals surface area (Å²) in [5.74, 6) is -0.920. The molecule has 0 bridgehead atoms. The Kier molecular flexibility index (Phi) is 7.72. The average Bonchev–Trinajstić information content (AvgIpc) is 2.84. The molecule has 0 amide bonds. The third kappa shape index (κ3) is 6.00. The second kappa shape index (κ2) is 10.7. The predicted molar refractivity (Wildman–Crippen MR) is 133 cm³/mol. The number of rotatable bonds is 7. The van der Waals surface area contributed by atoms with Gasteiger partial charge in [-0.05, 0) is 61.9 Å². The van der Waals surface area contributed by atoms with Gasteiger partial charge in [0.2, 0.25) is 0 Å². The monoisotopic (exact) mass is 569 g/mol. The molecule has 3 heterocycles. The van der Waals surface area contributed by atoms with Crippen LogP contribution in [0.4, 0.5) is 36.4 Å². The number of nitrogens with one attached hydrogen (secondary N) is 2. The van der Waals surface area contributed by atoms with Gasteiger partial charge in [0.25, 0.3) is 11.1 Å². The van der Waals surface area contributed by atoms with Gasteiger partial charge in [-0.25, -0.2) is 14.5 Å². The van der Waals surface area contributed by atoms with E-state index in [9.17, 15) is 40.3 Å². The molecule has 0 aliphatic heterocycles. The van der Waals surface area contributed by atoms with Gasteiger partial charge in [-0.2, -0.15) is 31.4 Å². The molecule has 0 spiro atoms. The minimum Gasteiger partial charge on any atom is -0.381 e. The van der Waals surface area contributed by atoms with Gasteiger partial charge in [0, 0.05) is 24.3 Å². The standard InChI is InChI=1S/C26H22F7N5O2/c1-13-5-6-19(36-22(13)26(31,32)33)17-10-15-7-9-38(24(40)16(15)11-18(17)27)8-3-4-14(2)35-20-12-34-37-23(39)21(20)25(28,29)30/h5-7,9-12,14H,3-4,8H2,1-2H3,(H2,35,37,39)/t14-/m0/s1. The lowest BCUT2D eigenvalue weighted by molar-refractivity contribution is -0.141. The van der Waals surface area contributed by atoms with Gasteiger partial charge >= 0.3 is 12.4 Å². The van der Waals surface area contributed by atoms with Crippen molar-refractivity contribution in [2.24, 2.45) is 0 Å². The molecule has 40 heavy (non-hydrogen) atoms. The number of hydrogen-bond acceptors (Lipinski definition) is 5. The SMILES string of the molecule is Cc1ccc(-c2cc3ccn(CCC[C@H](C)Nc4cn[nH]c(=O)c4C(F)(F)F)c(=O)c3cc2F)nc1C(F)(F)F. The van der Waals surface area contributed by atoms with Gasteiger partial charge < -0.3 is 9.88 Å². The number of aromatic amines is 1. The maximum atomic E-state index is 15.0. The summed E-state index contributed by atoms with van der Waals surface area (Å²) in [6.45, 7) is 3.00. The first-order chi connectivity index (χ1) is 18.7. The number of fused-ring (bicyclic) bond motifs is 1. The molecule has 0 aliphatic rings. The summed E-state index contributed by atoms with van der Waals surface area (Å²) in [5, 5.41) is 8.07. The van der Waals surface area contributed by atoms with Crippen molar-refractivity contribution < 1.29 is 30.7 Å². The van der Waals surface area contributed by atoms with Gasteiger partial charge in [0.1, 0.15) is 17.1 Å². The number of halogens is 7. The molecule has 14 heteroatoms. The van der Waals surface area contributed by atoms with Crippen LogP contribution in [-0.4, -0.2) is 25.8 Å². The molecule has 212 valence electrons. The molecule has 1 aromatic carbocycles. The van der Waals surface area contributed by atoms with Crippen molar-refractivity contribution in [3.05, 3.63) is 86.1 Å². The predicted octanol–water partition coefficient (Wildman–Crippen LogP) is 5.91. The highest BCUT2D eigenvalue weighted by Crippen LogP contribution is 2.34. The number of hydrogen-bond donors (Lipinski definition) is 2. The zero-order chi connectivity index (χ0) is 29.4. The van der Waals surface area contributed by atoms with Crippen molar-refractivity contribution in [2.75, 3.05) is 5.32 Å². The molecule has 7 nitrogen and oxygen atoms in total. The highest BCUT2D eigenvalue weighted by atomic mass is 19.4. The molecule has 4 rings (SSSR count). The summed E-state index contributed by atoms with van der Waals surface area (Å²) in [6.07, 6.45) is -6.65. The Morgan fingerprint density at radius 2 is 1.77 bits per heavy atom. The molecule has 4 aromatic rings. The van der Waals surface area contributed by atoms with Crippen molar-refractivity contribution in [1.29, 1.82) is 0 Å². The number of aromatic nitrogens is 4. The van der Waals surface area contributed by atoms with Gasteiger partial charge in [-0.15, -0.1) is 0 Å². The van der Waals surface area contributed by atoms with Gasteiger partial charge in [0.15, 0.2) is 0 Å². The van der Waals surface area contributed by atoms with E-state index in [1.54, 1.807) is 12.0 Å². The molecular weight excluding hydrogens is 547 g/mol. The third-order valence-corrected chi connectivity index (χ3v) is 6.28. The lowest BCUT2D eigenvalue weighted by Gasteiger charge is -2.18. The van der Waals surface area contributed by atoms with Crippen LogP contribution >= 0.6 is 0 Å². The van der Waals surface area contributed by atoms with E-state index < -0.39 is 52.3 Å². The summed E-state index contributed by atoms with van der Waals surface area (Å²) in [7, 11) is 0. The maximum absolute atomic E-state index is 15.0. The number of H-pyrrole nitrogens is 1. The van der Waals surface area contributed by atoms with Gasteiger partial charge in [-0.3, -0.25) is 9.59 Å². The third-order valence-electron chi connectivity index (χ3n) is 6.28. The van der Waals surface area contributed by atoms with Crippen LogP contribution in [0.1, 0.15) is 36.6 Å². The Morgan fingerprint density at radius 3 is 2.45 bits per heavy atom. The summed E-state index contributed by atoms with van der Waals surface area (Å²) in [5.41, 5.74) is -5.44. The van der Waals surface area contributed by atoms with E-state index in [0.29, 0.717) is 18.2 Å². The van der Waals surface area contributed by atoms with Crippen molar-refractivity contribution in [3.63, 3.8) is 0 Å². The summed E-state index contributed by atoms with van der Waals surface area (Å²) >= 11 is 0. The van der Waals surface area contributed by atoms with E-state index in [1.807, 2.05) is 0 Å². The van der Waals surface area contributed by atoms with E-state index >= 15 is 0 Å². The van der Waals surface area contributed by atoms with Crippen LogP contribution in [0, 0.1) is 12.7 Å². The van der Waals surface area contributed by atoms with Gasteiger partial charge in [-0.1, -0.05) is 6.07 Å². The Labute approximate surface area is 221 Å². The van der Waals surface area contributed by atoms with E-state index in [-0.39, 0.29) is 28.8 Å². The van der Waals surface area contributed by atoms with Crippen molar-refractivity contribution in [2.45, 2.75) is 51.6 Å². The first-order valence-electron chi connectivity index (χ1n) is 12.0. The molecule has 0 saturated heterocycles. The highest BCUT2D eigenvalue weighted by Gasteiger charge is 2.37. The summed E-state index contributed by atoms with van der Waals surface area (Å²) in [4.78, 5) is 28.2. The highest BCUT2D eigenvalue weighted by molar-refractivity contribution is 5.86. The molecular formula is C26H22F7N5O2. The number of aryl methyl sites for hydroxylation is 2. The minimum atomic E-state index is -4.89. The largest absolute Gasteiger partial charge is 0.433 e. The van der Waals surface area contributed by atoms with Crippen molar-refractivity contribution in [3.8, 4) is 11.3 Å².